The van der Waals surface area contributed by atoms with Crippen molar-refractivity contribution < 1.29 is 4.79 Å². The van der Waals surface area contributed by atoms with Gasteiger partial charge in [0.25, 0.3) is 5.91 Å². The van der Waals surface area contributed by atoms with Crippen LogP contribution in [-0.4, -0.2) is 55.9 Å². The molecule has 0 aromatic carbocycles. The second kappa shape index (κ2) is 7.13. The summed E-state index contributed by atoms with van der Waals surface area (Å²) in [6.45, 7) is 1.95. The van der Waals surface area contributed by atoms with E-state index in [0.29, 0.717) is 11.2 Å². The van der Waals surface area contributed by atoms with E-state index in [9.17, 15) is 4.79 Å². The molecule has 0 aliphatic carbocycles. The number of piperidine rings is 1. The number of fused-ring (bicyclic) bond motifs is 1. The first-order chi connectivity index (χ1) is 12.6. The monoisotopic (exact) mass is 370 g/mol. The number of rotatable bonds is 4. The van der Waals surface area contributed by atoms with Crippen LogP contribution >= 0.6 is 11.3 Å². The van der Waals surface area contributed by atoms with Crippen LogP contribution in [-0.2, 0) is 6.54 Å². The number of nitrogens with zero attached hydrogens (tertiary/aromatic N) is 6. The van der Waals surface area contributed by atoms with E-state index >= 15 is 0 Å². The van der Waals surface area contributed by atoms with Crippen LogP contribution in [0.5, 0.6) is 0 Å². The largest absolute Gasteiger partial charge is 0.345 e. The number of aromatic nitrogens is 4. The number of amides is 1. The Morgan fingerprint density at radius 2 is 2.23 bits per heavy atom. The normalized spacial score (nSPS) is 18.3. The SMILES string of the molecule is CN(C)C(=O)c1cnn2c([C@@H]3CCCCN3Cc3cncs3)ccnc12. The van der Waals surface area contributed by atoms with Gasteiger partial charge in [-0.25, -0.2) is 9.50 Å². The Morgan fingerprint density at radius 1 is 1.35 bits per heavy atom. The van der Waals surface area contributed by atoms with E-state index in [1.807, 2.05) is 22.3 Å². The molecule has 0 spiro atoms. The molecule has 1 fully saturated rings. The van der Waals surface area contributed by atoms with E-state index < -0.39 is 0 Å². The lowest BCUT2D eigenvalue weighted by Crippen LogP contribution is -2.34. The Labute approximate surface area is 156 Å². The molecule has 0 N–H and O–H groups in total. The minimum Gasteiger partial charge on any atom is -0.345 e. The molecule has 1 atom stereocenters. The third kappa shape index (κ3) is 3.10. The molecule has 0 saturated carbocycles. The van der Waals surface area contributed by atoms with Gasteiger partial charge in [-0.1, -0.05) is 6.42 Å². The van der Waals surface area contributed by atoms with Gasteiger partial charge in [-0.15, -0.1) is 11.3 Å². The van der Waals surface area contributed by atoms with Gasteiger partial charge < -0.3 is 4.90 Å². The fraction of sp³-hybridized carbons (Fsp3) is 0.444. The van der Waals surface area contributed by atoms with Crippen LogP contribution in [0, 0.1) is 0 Å². The van der Waals surface area contributed by atoms with Crippen molar-refractivity contribution in [3.8, 4) is 0 Å². The van der Waals surface area contributed by atoms with Crippen molar-refractivity contribution in [2.45, 2.75) is 31.8 Å². The van der Waals surface area contributed by atoms with Gasteiger partial charge in [-0.05, 0) is 25.5 Å². The predicted molar refractivity (Wildman–Crippen MR) is 100 cm³/mol. The number of hydrogen-bond donors (Lipinski definition) is 0. The number of hydrogen-bond acceptors (Lipinski definition) is 6. The molecular formula is C18H22N6OS. The van der Waals surface area contributed by atoms with E-state index in [2.05, 4.69) is 20.0 Å². The highest BCUT2D eigenvalue weighted by Gasteiger charge is 2.28. The quantitative estimate of drug-likeness (QED) is 0.706. The smallest absolute Gasteiger partial charge is 0.258 e. The van der Waals surface area contributed by atoms with E-state index in [4.69, 9.17) is 0 Å². The molecular weight excluding hydrogens is 348 g/mol. The Hall–Kier alpha value is -2.32. The average molecular weight is 370 g/mol. The molecule has 3 aromatic rings. The van der Waals surface area contributed by atoms with Crippen molar-refractivity contribution in [2.75, 3.05) is 20.6 Å². The Bertz CT molecular complexity index is 904. The third-order valence-electron chi connectivity index (χ3n) is 4.86. The van der Waals surface area contributed by atoms with Crippen LogP contribution in [0.2, 0.25) is 0 Å². The predicted octanol–water partition coefficient (Wildman–Crippen LogP) is 2.61. The second-order valence-corrected chi connectivity index (χ2v) is 7.78. The maximum atomic E-state index is 12.4. The topological polar surface area (TPSA) is 66.6 Å². The van der Waals surface area contributed by atoms with E-state index in [-0.39, 0.29) is 11.9 Å². The summed E-state index contributed by atoms with van der Waals surface area (Å²) in [6.07, 6.45) is 8.84. The van der Waals surface area contributed by atoms with Crippen LogP contribution in [0.25, 0.3) is 5.65 Å². The Balaban J connectivity index is 1.71. The first-order valence-corrected chi connectivity index (χ1v) is 9.69. The van der Waals surface area contributed by atoms with Crippen molar-refractivity contribution in [1.29, 1.82) is 0 Å². The number of likely N-dealkylation sites (tertiary alicyclic amines) is 1. The van der Waals surface area contributed by atoms with Crippen molar-refractivity contribution in [2.24, 2.45) is 0 Å². The van der Waals surface area contributed by atoms with Gasteiger partial charge in [0.1, 0.15) is 5.56 Å². The summed E-state index contributed by atoms with van der Waals surface area (Å²) in [5, 5.41) is 4.50. The highest BCUT2D eigenvalue weighted by Crippen LogP contribution is 2.32. The first-order valence-electron chi connectivity index (χ1n) is 8.81. The maximum Gasteiger partial charge on any atom is 0.258 e. The van der Waals surface area contributed by atoms with Crippen molar-refractivity contribution in [3.63, 3.8) is 0 Å². The molecule has 3 aromatic heterocycles. The molecule has 7 nitrogen and oxygen atoms in total. The van der Waals surface area contributed by atoms with Crippen LogP contribution in [0.4, 0.5) is 0 Å². The second-order valence-electron chi connectivity index (χ2n) is 6.81. The molecule has 26 heavy (non-hydrogen) atoms. The number of carbonyl (C=O) groups is 1. The van der Waals surface area contributed by atoms with E-state index in [1.54, 1.807) is 42.7 Å². The summed E-state index contributed by atoms with van der Waals surface area (Å²) >= 11 is 1.69. The molecule has 1 saturated heterocycles. The van der Waals surface area contributed by atoms with Gasteiger partial charge in [-0.3, -0.25) is 14.7 Å². The lowest BCUT2D eigenvalue weighted by molar-refractivity contribution is 0.0829. The van der Waals surface area contributed by atoms with Crippen LogP contribution in [0.1, 0.15) is 46.2 Å². The van der Waals surface area contributed by atoms with Gasteiger partial charge >= 0.3 is 0 Å². The molecule has 136 valence electrons. The summed E-state index contributed by atoms with van der Waals surface area (Å²) in [5.74, 6) is -0.0742. The lowest BCUT2D eigenvalue weighted by atomic mass is 9.99. The molecule has 1 aliphatic rings. The van der Waals surface area contributed by atoms with E-state index in [0.717, 1.165) is 25.2 Å². The molecule has 0 bridgehead atoms. The molecule has 1 amide bonds. The van der Waals surface area contributed by atoms with E-state index in [1.165, 1.54) is 17.7 Å². The Kier molecular flexibility index (Phi) is 4.69. The van der Waals surface area contributed by atoms with Crippen molar-refractivity contribution >= 4 is 22.9 Å². The summed E-state index contributed by atoms with van der Waals surface area (Å²) in [4.78, 5) is 26.3. The lowest BCUT2D eigenvalue weighted by Gasteiger charge is -2.35. The minimum atomic E-state index is -0.0742. The standard InChI is InChI=1S/C18H22N6OS/c1-22(2)18(25)14-10-21-24-16(6-7-20-17(14)24)15-5-3-4-8-23(15)11-13-9-19-12-26-13/h6-7,9-10,12,15H,3-5,8,11H2,1-2H3/t15-/m0/s1. The maximum absolute atomic E-state index is 12.4. The van der Waals surface area contributed by atoms with Gasteiger partial charge in [0.05, 0.1) is 23.4 Å². The molecule has 0 unspecified atom stereocenters. The van der Waals surface area contributed by atoms with Crippen LogP contribution in [0.3, 0.4) is 0 Å². The van der Waals surface area contributed by atoms with Gasteiger partial charge in [0, 0.05) is 37.9 Å². The summed E-state index contributed by atoms with van der Waals surface area (Å²) in [6, 6.07) is 2.29. The van der Waals surface area contributed by atoms with Gasteiger partial charge in [-0.2, -0.15) is 5.10 Å². The number of carbonyl (C=O) groups excluding carboxylic acids is 1. The van der Waals surface area contributed by atoms with Crippen molar-refractivity contribution in [3.05, 3.63) is 46.3 Å². The first kappa shape index (κ1) is 17.1. The summed E-state index contributed by atoms with van der Waals surface area (Å²) < 4.78 is 1.84. The van der Waals surface area contributed by atoms with Gasteiger partial charge in [0.2, 0.25) is 0 Å². The number of thiazole rings is 1. The zero-order valence-electron chi connectivity index (χ0n) is 15.0. The zero-order chi connectivity index (χ0) is 18.1. The highest BCUT2D eigenvalue weighted by molar-refractivity contribution is 7.09. The molecule has 1 aliphatic heterocycles. The highest BCUT2D eigenvalue weighted by atomic mass is 32.1. The zero-order valence-corrected chi connectivity index (χ0v) is 15.8. The van der Waals surface area contributed by atoms with Crippen molar-refractivity contribution in [1.82, 2.24) is 29.4 Å². The molecule has 0 radical (unpaired) electrons. The Morgan fingerprint density at radius 3 is 3.00 bits per heavy atom. The molecule has 8 heteroatoms. The van der Waals surface area contributed by atoms with Crippen LogP contribution < -0.4 is 0 Å². The minimum absolute atomic E-state index is 0.0742. The average Bonchev–Trinajstić information content (AvgIpc) is 3.31. The summed E-state index contributed by atoms with van der Waals surface area (Å²) in [5.41, 5.74) is 4.15. The molecule has 4 heterocycles. The fourth-order valence-corrected chi connectivity index (χ4v) is 4.21. The van der Waals surface area contributed by atoms with Gasteiger partial charge in [0.15, 0.2) is 5.65 Å². The van der Waals surface area contributed by atoms with Crippen LogP contribution in [0.15, 0.2) is 30.2 Å². The molecule has 4 rings (SSSR count). The summed E-state index contributed by atoms with van der Waals surface area (Å²) in [7, 11) is 3.49. The fourth-order valence-electron chi connectivity index (χ4n) is 3.59. The third-order valence-corrected chi connectivity index (χ3v) is 5.63.